The van der Waals surface area contributed by atoms with Gasteiger partial charge in [-0.2, -0.15) is 0 Å². The van der Waals surface area contributed by atoms with Crippen molar-refractivity contribution >= 4 is 17.6 Å². The Morgan fingerprint density at radius 1 is 1.41 bits per heavy atom. The molecule has 2 N–H and O–H groups in total. The van der Waals surface area contributed by atoms with Gasteiger partial charge in [0.2, 0.25) is 11.5 Å². The topological polar surface area (TPSA) is 88.4 Å². The van der Waals surface area contributed by atoms with Crippen LogP contribution in [0.15, 0.2) is 23.1 Å². The van der Waals surface area contributed by atoms with Gasteiger partial charge >= 0.3 is 5.97 Å². The van der Waals surface area contributed by atoms with Crippen molar-refractivity contribution < 1.29 is 14.7 Å². The Balaban J connectivity index is 2.02. The van der Waals surface area contributed by atoms with Gasteiger partial charge in [-0.05, 0) is 12.5 Å². The van der Waals surface area contributed by atoms with Crippen LogP contribution in [0, 0.1) is 11.8 Å². The molecule has 0 aliphatic heterocycles. The van der Waals surface area contributed by atoms with Gasteiger partial charge in [-0.25, -0.2) is 0 Å². The number of carboxylic acid groups (broad SMARTS) is 1. The summed E-state index contributed by atoms with van der Waals surface area (Å²) < 4.78 is 1.34. The normalized spacial score (nSPS) is 21.9. The van der Waals surface area contributed by atoms with E-state index in [-0.39, 0.29) is 11.5 Å². The molecule has 1 amide bonds. The number of carboxylic acids is 1. The number of hydrogen-bond donors (Lipinski definition) is 2. The largest absolute Gasteiger partial charge is 0.481 e. The number of anilines is 1. The molecule has 1 saturated carbocycles. The van der Waals surface area contributed by atoms with Gasteiger partial charge in [0, 0.05) is 19.3 Å². The highest BCUT2D eigenvalue weighted by atomic mass is 16.4. The highest BCUT2D eigenvalue weighted by Crippen LogP contribution is 2.39. The molecule has 1 aliphatic carbocycles. The molecule has 2 rings (SSSR count). The first-order chi connectivity index (χ1) is 7.99. The third-order valence-corrected chi connectivity index (χ3v) is 2.80. The number of hydrogen-bond acceptors (Lipinski definition) is 3. The van der Waals surface area contributed by atoms with Gasteiger partial charge in [-0.3, -0.25) is 14.4 Å². The van der Waals surface area contributed by atoms with Crippen LogP contribution >= 0.6 is 0 Å². The van der Waals surface area contributed by atoms with E-state index < -0.39 is 17.8 Å². The van der Waals surface area contributed by atoms with Crippen LogP contribution in [0.3, 0.4) is 0 Å². The Morgan fingerprint density at radius 3 is 2.65 bits per heavy atom. The molecular formula is C11H12N2O4. The fourth-order valence-electron chi connectivity index (χ4n) is 1.66. The maximum Gasteiger partial charge on any atom is 0.307 e. The van der Waals surface area contributed by atoms with Gasteiger partial charge in [0.05, 0.1) is 17.5 Å². The molecule has 90 valence electrons. The molecule has 17 heavy (non-hydrogen) atoms. The summed E-state index contributed by atoms with van der Waals surface area (Å²) >= 11 is 0. The molecule has 0 aromatic carbocycles. The molecule has 1 aromatic heterocycles. The average molecular weight is 236 g/mol. The lowest BCUT2D eigenvalue weighted by atomic mass is 10.3. The minimum atomic E-state index is -0.939. The van der Waals surface area contributed by atoms with Crippen LogP contribution in [0.5, 0.6) is 0 Å². The van der Waals surface area contributed by atoms with Crippen LogP contribution in [0.2, 0.25) is 0 Å². The molecule has 0 unspecified atom stereocenters. The van der Waals surface area contributed by atoms with Crippen LogP contribution in [0.1, 0.15) is 6.42 Å². The summed E-state index contributed by atoms with van der Waals surface area (Å²) in [6.45, 7) is 0. The summed E-state index contributed by atoms with van der Waals surface area (Å²) in [5, 5.41) is 11.3. The molecule has 6 nitrogen and oxygen atoms in total. The maximum absolute atomic E-state index is 11.6. The zero-order valence-corrected chi connectivity index (χ0v) is 9.21. The molecule has 1 aromatic rings. The number of carbonyl (C=O) groups excluding carboxylic acids is 1. The van der Waals surface area contributed by atoms with Gasteiger partial charge < -0.3 is 15.0 Å². The zero-order valence-electron chi connectivity index (χ0n) is 9.21. The molecule has 6 heteroatoms. The van der Waals surface area contributed by atoms with Crippen LogP contribution in [0.4, 0.5) is 5.69 Å². The quantitative estimate of drug-likeness (QED) is 0.775. The second-order valence-corrected chi connectivity index (χ2v) is 4.14. The van der Waals surface area contributed by atoms with E-state index in [2.05, 4.69) is 5.32 Å². The first-order valence-corrected chi connectivity index (χ1v) is 5.19. The van der Waals surface area contributed by atoms with E-state index in [1.807, 2.05) is 0 Å². The van der Waals surface area contributed by atoms with Gasteiger partial charge in [0.1, 0.15) is 0 Å². The number of carbonyl (C=O) groups is 2. The lowest BCUT2D eigenvalue weighted by molar-refractivity contribution is -0.139. The lowest BCUT2D eigenvalue weighted by Crippen LogP contribution is -2.20. The Hall–Kier alpha value is -2.11. The number of aryl methyl sites for hydroxylation is 1. The SMILES string of the molecule is Cn1cc(NC(=O)[C@@H]2C[C@@H]2C(=O)O)ccc1=O. The fraction of sp³-hybridized carbons (Fsp3) is 0.364. The van der Waals surface area contributed by atoms with E-state index in [0.717, 1.165) is 0 Å². The number of aromatic nitrogens is 1. The van der Waals surface area contributed by atoms with Crippen molar-refractivity contribution in [2.75, 3.05) is 5.32 Å². The summed E-state index contributed by atoms with van der Waals surface area (Å²) in [5.41, 5.74) is 0.325. The summed E-state index contributed by atoms with van der Waals surface area (Å²) in [5.74, 6) is -2.27. The number of amides is 1. The Bertz CT molecular complexity index is 535. The van der Waals surface area contributed by atoms with Gasteiger partial charge in [-0.15, -0.1) is 0 Å². The lowest BCUT2D eigenvalue weighted by Gasteiger charge is -2.05. The molecule has 1 fully saturated rings. The summed E-state index contributed by atoms with van der Waals surface area (Å²) in [6, 6.07) is 2.84. The standard InChI is InChI=1S/C11H12N2O4/c1-13-5-6(2-3-9(13)14)12-10(15)7-4-8(7)11(16)17/h2-3,5,7-8H,4H2,1H3,(H,12,15)(H,16,17)/t7-,8+/m1/s1. The molecule has 1 aliphatic rings. The van der Waals surface area contributed by atoms with Crippen molar-refractivity contribution in [1.82, 2.24) is 4.57 Å². The van der Waals surface area contributed by atoms with Crippen molar-refractivity contribution in [3.63, 3.8) is 0 Å². The van der Waals surface area contributed by atoms with E-state index in [1.165, 1.54) is 22.9 Å². The van der Waals surface area contributed by atoms with Crippen molar-refractivity contribution in [2.24, 2.45) is 18.9 Å². The van der Waals surface area contributed by atoms with Crippen LogP contribution < -0.4 is 10.9 Å². The average Bonchev–Trinajstić information content (AvgIpc) is 3.03. The molecule has 2 atom stereocenters. The van der Waals surface area contributed by atoms with Gasteiger partial charge in [0.15, 0.2) is 0 Å². The molecule has 0 saturated heterocycles. The van der Waals surface area contributed by atoms with E-state index in [0.29, 0.717) is 12.1 Å². The smallest absolute Gasteiger partial charge is 0.307 e. The second-order valence-electron chi connectivity index (χ2n) is 4.14. The van der Waals surface area contributed by atoms with Crippen LogP contribution in [-0.4, -0.2) is 21.6 Å². The van der Waals surface area contributed by atoms with Crippen molar-refractivity contribution in [1.29, 1.82) is 0 Å². The molecule has 1 heterocycles. The highest BCUT2D eigenvalue weighted by molar-refractivity contribution is 5.98. The Morgan fingerprint density at radius 2 is 2.12 bits per heavy atom. The molecule has 0 bridgehead atoms. The summed E-state index contributed by atoms with van der Waals surface area (Å²) in [7, 11) is 1.58. The minimum Gasteiger partial charge on any atom is -0.481 e. The van der Waals surface area contributed by atoms with Crippen LogP contribution in [0.25, 0.3) is 0 Å². The predicted octanol–water partition coefficient (Wildman–Crippen LogP) is 0.0445. The number of rotatable bonds is 3. The Kier molecular flexibility index (Phi) is 2.71. The number of aliphatic carboxylic acids is 1. The van der Waals surface area contributed by atoms with E-state index in [1.54, 1.807) is 7.05 Å². The van der Waals surface area contributed by atoms with Gasteiger partial charge in [-0.1, -0.05) is 0 Å². The first-order valence-electron chi connectivity index (χ1n) is 5.19. The van der Waals surface area contributed by atoms with Gasteiger partial charge in [0.25, 0.3) is 0 Å². The van der Waals surface area contributed by atoms with Crippen molar-refractivity contribution in [3.05, 3.63) is 28.7 Å². The third-order valence-electron chi connectivity index (χ3n) is 2.80. The molecule has 0 spiro atoms. The fourth-order valence-corrected chi connectivity index (χ4v) is 1.66. The monoisotopic (exact) mass is 236 g/mol. The summed E-state index contributed by atoms with van der Waals surface area (Å²) in [6.07, 6.45) is 1.88. The number of pyridine rings is 1. The summed E-state index contributed by atoms with van der Waals surface area (Å²) in [4.78, 5) is 33.3. The van der Waals surface area contributed by atoms with Crippen molar-refractivity contribution in [3.8, 4) is 0 Å². The molecule has 0 radical (unpaired) electrons. The second kappa shape index (κ2) is 4.04. The van der Waals surface area contributed by atoms with E-state index in [4.69, 9.17) is 5.11 Å². The molecular weight excluding hydrogens is 224 g/mol. The van der Waals surface area contributed by atoms with E-state index in [9.17, 15) is 14.4 Å². The van der Waals surface area contributed by atoms with Crippen molar-refractivity contribution in [2.45, 2.75) is 6.42 Å². The number of nitrogens with one attached hydrogen (secondary N) is 1. The highest BCUT2D eigenvalue weighted by Gasteiger charge is 2.48. The minimum absolute atomic E-state index is 0.169. The van der Waals surface area contributed by atoms with E-state index >= 15 is 0 Å². The third kappa shape index (κ3) is 2.35. The zero-order chi connectivity index (χ0) is 12.6. The number of nitrogens with zero attached hydrogens (tertiary/aromatic N) is 1. The van der Waals surface area contributed by atoms with Crippen LogP contribution in [-0.2, 0) is 16.6 Å². The maximum atomic E-state index is 11.6. The Labute approximate surface area is 96.9 Å². The first kappa shape index (κ1) is 11.4. The predicted molar refractivity (Wildman–Crippen MR) is 59.5 cm³/mol.